The molecule has 1 heterocycles. The Morgan fingerprint density at radius 3 is 2.86 bits per heavy atom. The number of amides is 1. The van der Waals surface area contributed by atoms with Gasteiger partial charge in [0.2, 0.25) is 5.91 Å². The van der Waals surface area contributed by atoms with Crippen molar-refractivity contribution in [3.05, 3.63) is 59.4 Å². The molecule has 0 atom stereocenters. The van der Waals surface area contributed by atoms with Gasteiger partial charge in [-0.25, -0.2) is 4.98 Å². The fraction of sp³-hybridized carbons (Fsp3) is 0.176. The van der Waals surface area contributed by atoms with E-state index in [2.05, 4.69) is 14.9 Å². The van der Waals surface area contributed by atoms with Crippen LogP contribution in [0.15, 0.2) is 48.5 Å². The van der Waals surface area contributed by atoms with Crippen LogP contribution in [-0.2, 0) is 11.3 Å². The molecule has 5 heteroatoms. The molecular formula is C17H16ClN3O. The predicted molar refractivity (Wildman–Crippen MR) is 89.2 cm³/mol. The van der Waals surface area contributed by atoms with E-state index < -0.39 is 0 Å². The van der Waals surface area contributed by atoms with Gasteiger partial charge in [0, 0.05) is 23.7 Å². The summed E-state index contributed by atoms with van der Waals surface area (Å²) in [7, 11) is 0. The smallest absolute Gasteiger partial charge is 0.226 e. The van der Waals surface area contributed by atoms with Crippen LogP contribution in [-0.4, -0.2) is 15.5 Å². The Balaban J connectivity index is 1.69. The largest absolute Gasteiger partial charge is 0.328 e. The van der Waals surface area contributed by atoms with Crippen molar-refractivity contribution in [1.82, 2.24) is 9.55 Å². The van der Waals surface area contributed by atoms with Crippen molar-refractivity contribution < 1.29 is 4.79 Å². The van der Waals surface area contributed by atoms with Gasteiger partial charge in [0.15, 0.2) is 0 Å². The van der Waals surface area contributed by atoms with Crippen LogP contribution in [0.1, 0.15) is 12.2 Å². The number of benzene rings is 2. The van der Waals surface area contributed by atoms with Crippen molar-refractivity contribution in [1.29, 1.82) is 0 Å². The van der Waals surface area contributed by atoms with Gasteiger partial charge in [0.05, 0.1) is 11.0 Å². The average Bonchev–Trinajstić information content (AvgIpc) is 2.80. The topological polar surface area (TPSA) is 46.9 Å². The van der Waals surface area contributed by atoms with Crippen LogP contribution >= 0.6 is 11.6 Å². The van der Waals surface area contributed by atoms with Crippen LogP contribution in [0.2, 0.25) is 5.02 Å². The van der Waals surface area contributed by atoms with Gasteiger partial charge in [0.1, 0.15) is 5.82 Å². The van der Waals surface area contributed by atoms with E-state index in [4.69, 9.17) is 11.6 Å². The third kappa shape index (κ3) is 3.12. The summed E-state index contributed by atoms with van der Waals surface area (Å²) < 4.78 is 2.06. The number of hydrogen-bond donors (Lipinski definition) is 1. The molecule has 0 saturated carbocycles. The Hall–Kier alpha value is -2.33. The monoisotopic (exact) mass is 313 g/mol. The SMILES string of the molecule is Cc1nc2ccccc2n1CCC(=O)Nc1cccc(Cl)c1. The predicted octanol–water partition coefficient (Wildman–Crippen LogP) is 4.03. The maximum atomic E-state index is 12.1. The second kappa shape index (κ2) is 6.20. The number of anilines is 1. The number of rotatable bonds is 4. The van der Waals surface area contributed by atoms with E-state index in [-0.39, 0.29) is 5.91 Å². The Morgan fingerprint density at radius 1 is 1.23 bits per heavy atom. The van der Waals surface area contributed by atoms with E-state index in [1.54, 1.807) is 12.1 Å². The van der Waals surface area contributed by atoms with E-state index in [0.29, 0.717) is 23.7 Å². The van der Waals surface area contributed by atoms with Crippen LogP contribution in [0, 0.1) is 6.92 Å². The number of halogens is 1. The molecule has 0 aliphatic carbocycles. The van der Waals surface area contributed by atoms with E-state index in [1.165, 1.54) is 0 Å². The third-order valence-electron chi connectivity index (χ3n) is 3.52. The fourth-order valence-corrected chi connectivity index (χ4v) is 2.67. The van der Waals surface area contributed by atoms with E-state index in [0.717, 1.165) is 16.9 Å². The summed E-state index contributed by atoms with van der Waals surface area (Å²) in [5, 5.41) is 3.46. The molecule has 0 spiro atoms. The first-order valence-electron chi connectivity index (χ1n) is 7.11. The lowest BCUT2D eigenvalue weighted by Gasteiger charge is -2.08. The maximum Gasteiger partial charge on any atom is 0.226 e. The molecule has 112 valence electrons. The van der Waals surface area contributed by atoms with Crippen molar-refractivity contribution in [2.45, 2.75) is 19.9 Å². The lowest BCUT2D eigenvalue weighted by atomic mass is 10.3. The van der Waals surface area contributed by atoms with Crippen molar-refractivity contribution in [3.8, 4) is 0 Å². The molecule has 0 radical (unpaired) electrons. The molecule has 0 bridgehead atoms. The third-order valence-corrected chi connectivity index (χ3v) is 3.75. The lowest BCUT2D eigenvalue weighted by Crippen LogP contribution is -2.15. The minimum atomic E-state index is -0.0422. The van der Waals surface area contributed by atoms with E-state index in [9.17, 15) is 4.79 Å². The van der Waals surface area contributed by atoms with Gasteiger partial charge in [-0.3, -0.25) is 4.79 Å². The first-order valence-corrected chi connectivity index (χ1v) is 7.48. The number of para-hydroxylation sites is 2. The van der Waals surface area contributed by atoms with Crippen molar-refractivity contribution in [3.63, 3.8) is 0 Å². The summed E-state index contributed by atoms with van der Waals surface area (Å²) in [4.78, 5) is 16.6. The van der Waals surface area contributed by atoms with E-state index in [1.807, 2.05) is 43.3 Å². The number of imidazole rings is 1. The summed E-state index contributed by atoms with van der Waals surface area (Å²) in [5.41, 5.74) is 2.72. The van der Waals surface area contributed by atoms with Crippen molar-refractivity contribution >= 4 is 34.2 Å². The van der Waals surface area contributed by atoms with E-state index >= 15 is 0 Å². The Bertz CT molecular complexity index is 826. The minimum Gasteiger partial charge on any atom is -0.328 e. The van der Waals surface area contributed by atoms with Crippen LogP contribution in [0.3, 0.4) is 0 Å². The molecule has 4 nitrogen and oxygen atoms in total. The number of carbonyl (C=O) groups excluding carboxylic acids is 1. The first kappa shape index (κ1) is 14.6. The van der Waals surface area contributed by atoms with Crippen LogP contribution in [0.5, 0.6) is 0 Å². The number of carbonyl (C=O) groups is 1. The molecule has 0 aliphatic rings. The summed E-state index contributed by atoms with van der Waals surface area (Å²) in [5.74, 6) is 0.871. The van der Waals surface area contributed by atoms with Crippen LogP contribution < -0.4 is 5.32 Å². The first-order chi connectivity index (χ1) is 10.6. The van der Waals surface area contributed by atoms with Gasteiger partial charge >= 0.3 is 0 Å². The van der Waals surface area contributed by atoms with Gasteiger partial charge in [-0.1, -0.05) is 29.8 Å². The number of hydrogen-bond acceptors (Lipinski definition) is 2. The highest BCUT2D eigenvalue weighted by Gasteiger charge is 2.09. The van der Waals surface area contributed by atoms with Crippen molar-refractivity contribution in [2.24, 2.45) is 0 Å². The molecule has 0 aliphatic heterocycles. The molecule has 0 saturated heterocycles. The molecule has 1 N–H and O–H groups in total. The Labute approximate surface area is 133 Å². The second-order valence-corrected chi connectivity index (χ2v) is 5.54. The van der Waals surface area contributed by atoms with Crippen LogP contribution in [0.4, 0.5) is 5.69 Å². The highest BCUT2D eigenvalue weighted by molar-refractivity contribution is 6.30. The Kier molecular flexibility index (Phi) is 4.11. The van der Waals surface area contributed by atoms with Crippen LogP contribution in [0.25, 0.3) is 11.0 Å². The Morgan fingerprint density at radius 2 is 2.05 bits per heavy atom. The summed E-state index contributed by atoms with van der Waals surface area (Å²) >= 11 is 5.91. The zero-order valence-electron chi connectivity index (χ0n) is 12.2. The summed E-state index contributed by atoms with van der Waals surface area (Å²) in [6, 6.07) is 15.1. The lowest BCUT2D eigenvalue weighted by molar-refractivity contribution is -0.116. The fourth-order valence-electron chi connectivity index (χ4n) is 2.48. The molecule has 0 fully saturated rings. The zero-order chi connectivity index (χ0) is 15.5. The molecular weight excluding hydrogens is 298 g/mol. The number of nitrogens with zero attached hydrogens (tertiary/aromatic N) is 2. The zero-order valence-corrected chi connectivity index (χ0v) is 13.0. The molecule has 3 rings (SSSR count). The summed E-state index contributed by atoms with van der Waals surface area (Å²) in [6.07, 6.45) is 0.383. The number of fused-ring (bicyclic) bond motifs is 1. The van der Waals surface area contributed by atoms with Crippen molar-refractivity contribution in [2.75, 3.05) is 5.32 Å². The highest BCUT2D eigenvalue weighted by Crippen LogP contribution is 2.17. The summed E-state index contributed by atoms with van der Waals surface area (Å²) in [6.45, 7) is 2.55. The molecule has 1 amide bonds. The minimum absolute atomic E-state index is 0.0422. The highest BCUT2D eigenvalue weighted by atomic mass is 35.5. The van der Waals surface area contributed by atoms with Gasteiger partial charge in [-0.15, -0.1) is 0 Å². The number of nitrogens with one attached hydrogen (secondary N) is 1. The van der Waals surface area contributed by atoms with Gasteiger partial charge < -0.3 is 9.88 Å². The quantitative estimate of drug-likeness (QED) is 0.790. The van der Waals surface area contributed by atoms with Gasteiger partial charge in [-0.05, 0) is 37.3 Å². The standard InChI is InChI=1S/C17H16ClN3O/c1-12-19-15-7-2-3-8-16(15)21(12)10-9-17(22)20-14-6-4-5-13(18)11-14/h2-8,11H,9-10H2,1H3,(H,20,22). The van der Waals surface area contributed by atoms with Gasteiger partial charge in [-0.2, -0.15) is 0 Å². The number of aromatic nitrogens is 2. The normalized spacial score (nSPS) is 10.8. The maximum absolute atomic E-state index is 12.1. The van der Waals surface area contributed by atoms with Gasteiger partial charge in [0.25, 0.3) is 0 Å². The number of aryl methyl sites for hydroxylation is 2. The molecule has 1 aromatic heterocycles. The average molecular weight is 314 g/mol. The molecule has 22 heavy (non-hydrogen) atoms. The molecule has 3 aromatic rings. The second-order valence-electron chi connectivity index (χ2n) is 5.11. The molecule has 0 unspecified atom stereocenters. The molecule has 2 aromatic carbocycles.